The van der Waals surface area contributed by atoms with Crippen molar-refractivity contribution in [2.45, 2.75) is 19.8 Å². The topological polar surface area (TPSA) is 57.6 Å². The number of hydrogen-bond donors (Lipinski definition) is 1. The molecule has 0 atom stereocenters. The number of imide groups is 1. The van der Waals surface area contributed by atoms with Gasteiger partial charge in [0.1, 0.15) is 0 Å². The SMILES string of the molecule is CC(C)c1ccc(N2C(=O)C(O)=C(c3ccc(Cl)cc3)C2=O)cc1. The number of carbonyl (C=O) groups is 2. The van der Waals surface area contributed by atoms with E-state index in [-0.39, 0.29) is 5.57 Å². The van der Waals surface area contributed by atoms with Crippen LogP contribution in [0.3, 0.4) is 0 Å². The fraction of sp³-hybridized carbons (Fsp3) is 0.158. The zero-order chi connectivity index (χ0) is 17.4. The lowest BCUT2D eigenvalue weighted by molar-refractivity contribution is -0.121. The standard InChI is InChI=1S/C19H16ClNO3/c1-11(2)12-5-9-15(10-6-12)21-18(23)16(17(22)19(21)24)13-3-7-14(20)8-4-13/h3-11,22H,1-2H3. The van der Waals surface area contributed by atoms with Gasteiger partial charge in [-0.3, -0.25) is 9.59 Å². The predicted molar refractivity (Wildman–Crippen MR) is 94.0 cm³/mol. The van der Waals surface area contributed by atoms with E-state index in [9.17, 15) is 14.7 Å². The summed E-state index contributed by atoms with van der Waals surface area (Å²) >= 11 is 5.84. The van der Waals surface area contributed by atoms with E-state index in [1.807, 2.05) is 12.1 Å². The lowest BCUT2D eigenvalue weighted by Crippen LogP contribution is -2.31. The lowest BCUT2D eigenvalue weighted by Gasteiger charge is -2.15. The molecule has 24 heavy (non-hydrogen) atoms. The van der Waals surface area contributed by atoms with Crippen molar-refractivity contribution in [3.8, 4) is 0 Å². The molecule has 0 saturated carbocycles. The van der Waals surface area contributed by atoms with E-state index >= 15 is 0 Å². The van der Waals surface area contributed by atoms with Crippen LogP contribution in [0, 0.1) is 0 Å². The van der Waals surface area contributed by atoms with Gasteiger partial charge in [0.2, 0.25) is 0 Å². The van der Waals surface area contributed by atoms with Gasteiger partial charge in [-0.15, -0.1) is 0 Å². The van der Waals surface area contributed by atoms with Crippen LogP contribution in [0.2, 0.25) is 5.02 Å². The maximum absolute atomic E-state index is 12.7. The summed E-state index contributed by atoms with van der Waals surface area (Å²) in [7, 11) is 0. The van der Waals surface area contributed by atoms with Gasteiger partial charge in [-0.1, -0.05) is 49.7 Å². The zero-order valence-corrected chi connectivity index (χ0v) is 14.0. The summed E-state index contributed by atoms with van der Waals surface area (Å²) in [6.07, 6.45) is 0. The predicted octanol–water partition coefficient (Wildman–Crippen LogP) is 4.31. The normalized spacial score (nSPS) is 14.9. The summed E-state index contributed by atoms with van der Waals surface area (Å²) in [5, 5.41) is 10.7. The van der Waals surface area contributed by atoms with Crippen LogP contribution in [0.5, 0.6) is 0 Å². The Labute approximate surface area is 145 Å². The van der Waals surface area contributed by atoms with Crippen molar-refractivity contribution in [1.82, 2.24) is 0 Å². The van der Waals surface area contributed by atoms with Gasteiger partial charge < -0.3 is 5.11 Å². The van der Waals surface area contributed by atoms with Crippen LogP contribution in [-0.4, -0.2) is 16.9 Å². The van der Waals surface area contributed by atoms with E-state index in [1.165, 1.54) is 0 Å². The molecule has 0 fully saturated rings. The first-order chi connectivity index (χ1) is 11.4. The average molecular weight is 342 g/mol. The van der Waals surface area contributed by atoms with Crippen LogP contribution < -0.4 is 4.90 Å². The van der Waals surface area contributed by atoms with Gasteiger partial charge >= 0.3 is 5.91 Å². The number of anilines is 1. The number of hydrogen-bond acceptors (Lipinski definition) is 3. The summed E-state index contributed by atoms with van der Waals surface area (Å²) in [5.41, 5.74) is 1.99. The fourth-order valence-electron chi connectivity index (χ4n) is 2.64. The van der Waals surface area contributed by atoms with Gasteiger partial charge in [-0.05, 0) is 41.3 Å². The van der Waals surface area contributed by atoms with E-state index in [2.05, 4.69) is 13.8 Å². The maximum Gasteiger partial charge on any atom is 0.301 e. The van der Waals surface area contributed by atoms with Crippen molar-refractivity contribution in [2.24, 2.45) is 0 Å². The van der Waals surface area contributed by atoms with Crippen LogP contribution in [0.1, 0.15) is 30.9 Å². The molecule has 0 aliphatic carbocycles. The second kappa shape index (κ2) is 6.13. The van der Waals surface area contributed by atoms with Crippen molar-refractivity contribution in [1.29, 1.82) is 0 Å². The highest BCUT2D eigenvalue weighted by Gasteiger charge is 2.40. The molecule has 2 amide bonds. The molecule has 5 heteroatoms. The van der Waals surface area contributed by atoms with Crippen LogP contribution >= 0.6 is 11.6 Å². The number of amides is 2. The number of halogens is 1. The molecule has 1 aliphatic rings. The summed E-state index contributed by atoms with van der Waals surface area (Å²) in [5.74, 6) is -1.46. The van der Waals surface area contributed by atoms with Gasteiger partial charge in [0.25, 0.3) is 5.91 Å². The molecule has 0 radical (unpaired) electrons. The van der Waals surface area contributed by atoms with Crippen molar-refractivity contribution >= 4 is 34.7 Å². The molecule has 1 N–H and O–H groups in total. The first-order valence-corrected chi connectivity index (χ1v) is 7.96. The van der Waals surface area contributed by atoms with Gasteiger partial charge in [-0.2, -0.15) is 0 Å². The van der Waals surface area contributed by atoms with Crippen molar-refractivity contribution in [2.75, 3.05) is 4.90 Å². The Morgan fingerprint density at radius 2 is 1.50 bits per heavy atom. The highest BCUT2D eigenvalue weighted by molar-refractivity contribution is 6.45. The first-order valence-electron chi connectivity index (χ1n) is 7.58. The highest BCUT2D eigenvalue weighted by Crippen LogP contribution is 2.32. The molecule has 3 rings (SSSR count). The van der Waals surface area contributed by atoms with Gasteiger partial charge in [0, 0.05) is 5.02 Å². The lowest BCUT2D eigenvalue weighted by atomic mass is 10.0. The minimum atomic E-state index is -0.720. The van der Waals surface area contributed by atoms with E-state index in [4.69, 9.17) is 11.6 Å². The molecule has 4 nitrogen and oxygen atoms in total. The molecular weight excluding hydrogens is 326 g/mol. The number of rotatable bonds is 3. The van der Waals surface area contributed by atoms with E-state index < -0.39 is 17.6 Å². The third-order valence-electron chi connectivity index (χ3n) is 4.01. The summed E-state index contributed by atoms with van der Waals surface area (Å²) in [4.78, 5) is 26.0. The number of benzene rings is 2. The van der Waals surface area contributed by atoms with Gasteiger partial charge in [-0.25, -0.2) is 4.90 Å². The molecule has 2 aromatic rings. The zero-order valence-electron chi connectivity index (χ0n) is 13.3. The molecule has 1 aliphatic heterocycles. The van der Waals surface area contributed by atoms with E-state index in [0.29, 0.717) is 22.2 Å². The summed E-state index contributed by atoms with van der Waals surface area (Å²) in [6.45, 7) is 4.13. The van der Waals surface area contributed by atoms with Crippen LogP contribution in [0.4, 0.5) is 5.69 Å². The molecule has 1 heterocycles. The summed E-state index contributed by atoms with van der Waals surface area (Å²) < 4.78 is 0. The highest BCUT2D eigenvalue weighted by atomic mass is 35.5. The molecule has 0 saturated heterocycles. The minimum Gasteiger partial charge on any atom is -0.502 e. The van der Waals surface area contributed by atoms with Crippen LogP contribution in [0.15, 0.2) is 54.3 Å². The second-order valence-corrected chi connectivity index (χ2v) is 6.36. The number of aliphatic hydroxyl groups is 1. The number of carbonyl (C=O) groups excluding carboxylic acids is 2. The Morgan fingerprint density at radius 3 is 2.04 bits per heavy atom. The molecule has 0 unspecified atom stereocenters. The third kappa shape index (κ3) is 2.69. The minimum absolute atomic E-state index is 0.00963. The average Bonchev–Trinajstić information content (AvgIpc) is 2.78. The number of nitrogens with zero attached hydrogens (tertiary/aromatic N) is 1. The quantitative estimate of drug-likeness (QED) is 0.846. The smallest absolute Gasteiger partial charge is 0.301 e. The molecule has 2 aromatic carbocycles. The van der Waals surface area contributed by atoms with Crippen molar-refractivity contribution in [3.63, 3.8) is 0 Å². The van der Waals surface area contributed by atoms with Gasteiger partial charge in [0.15, 0.2) is 5.76 Å². The van der Waals surface area contributed by atoms with Crippen LogP contribution in [-0.2, 0) is 9.59 Å². The molecular formula is C19H16ClNO3. The van der Waals surface area contributed by atoms with Gasteiger partial charge in [0.05, 0.1) is 11.3 Å². The Bertz CT molecular complexity index is 836. The van der Waals surface area contributed by atoms with E-state index in [0.717, 1.165) is 10.5 Å². The fourth-order valence-corrected chi connectivity index (χ4v) is 2.76. The molecule has 122 valence electrons. The monoisotopic (exact) mass is 341 g/mol. The molecule has 0 aromatic heterocycles. The maximum atomic E-state index is 12.7. The Kier molecular flexibility index (Phi) is 4.16. The molecule has 0 spiro atoms. The van der Waals surface area contributed by atoms with E-state index in [1.54, 1.807) is 36.4 Å². The largest absolute Gasteiger partial charge is 0.502 e. The second-order valence-electron chi connectivity index (χ2n) is 5.92. The third-order valence-corrected chi connectivity index (χ3v) is 4.26. The Balaban J connectivity index is 1.97. The van der Waals surface area contributed by atoms with Crippen LogP contribution in [0.25, 0.3) is 5.57 Å². The molecule has 0 bridgehead atoms. The Hall–Kier alpha value is -2.59. The van der Waals surface area contributed by atoms with Crippen molar-refractivity contribution in [3.05, 3.63) is 70.4 Å². The first kappa shape index (κ1) is 16.3. The Morgan fingerprint density at radius 1 is 0.917 bits per heavy atom. The van der Waals surface area contributed by atoms with Crippen molar-refractivity contribution < 1.29 is 14.7 Å². The number of aliphatic hydroxyl groups excluding tert-OH is 1. The summed E-state index contributed by atoms with van der Waals surface area (Å²) in [6, 6.07) is 13.6.